The predicted octanol–water partition coefficient (Wildman–Crippen LogP) is 2.01. The number of pyridine rings is 1. The molecule has 122 valence electrons. The largest absolute Gasteiger partial charge is 0.478 e. The molecular weight excluding hydrogens is 294 g/mol. The van der Waals surface area contributed by atoms with E-state index in [1.54, 1.807) is 12.3 Å². The summed E-state index contributed by atoms with van der Waals surface area (Å²) >= 11 is 0. The molecular formula is C17H21N3O3. The van der Waals surface area contributed by atoms with E-state index < -0.39 is 6.04 Å². The summed E-state index contributed by atoms with van der Waals surface area (Å²) in [7, 11) is 0. The topological polar surface area (TPSA) is 83.5 Å². The summed E-state index contributed by atoms with van der Waals surface area (Å²) in [5.74, 6) is 0.532. The van der Waals surface area contributed by atoms with Gasteiger partial charge in [-0.2, -0.15) is 0 Å². The Labute approximate surface area is 135 Å². The lowest BCUT2D eigenvalue weighted by molar-refractivity contribution is 0.216. The van der Waals surface area contributed by atoms with Crippen molar-refractivity contribution in [3.8, 4) is 5.88 Å². The van der Waals surface area contributed by atoms with Crippen molar-refractivity contribution in [1.82, 2.24) is 15.6 Å². The second-order valence-electron chi connectivity index (χ2n) is 4.91. The van der Waals surface area contributed by atoms with E-state index in [9.17, 15) is 9.90 Å². The fraction of sp³-hybridized carbons (Fsp3) is 0.294. The van der Waals surface area contributed by atoms with Gasteiger partial charge in [-0.25, -0.2) is 9.78 Å². The number of hydrogen-bond donors (Lipinski definition) is 3. The van der Waals surface area contributed by atoms with Gasteiger partial charge in [0.05, 0.1) is 19.3 Å². The first kappa shape index (κ1) is 16.8. The highest BCUT2D eigenvalue weighted by atomic mass is 16.5. The SMILES string of the molecule is CCOc1cc(CNC(=O)NC(CO)c2ccccc2)ccn1. The first-order valence-corrected chi connectivity index (χ1v) is 7.50. The maximum absolute atomic E-state index is 12.0. The molecule has 0 saturated carbocycles. The fourth-order valence-corrected chi connectivity index (χ4v) is 2.10. The van der Waals surface area contributed by atoms with Crippen LogP contribution in [0.4, 0.5) is 4.79 Å². The molecule has 23 heavy (non-hydrogen) atoms. The summed E-state index contributed by atoms with van der Waals surface area (Å²) in [6.45, 7) is 2.61. The molecule has 0 fully saturated rings. The Balaban J connectivity index is 1.88. The number of carbonyl (C=O) groups excluding carboxylic acids is 1. The number of ether oxygens (including phenoxy) is 1. The molecule has 1 heterocycles. The average Bonchev–Trinajstić information content (AvgIpc) is 2.59. The first-order valence-electron chi connectivity index (χ1n) is 7.50. The molecule has 0 spiro atoms. The minimum absolute atomic E-state index is 0.165. The summed E-state index contributed by atoms with van der Waals surface area (Å²) in [4.78, 5) is 16.1. The molecule has 0 saturated heterocycles. The highest BCUT2D eigenvalue weighted by Gasteiger charge is 2.12. The molecule has 0 aliphatic rings. The van der Waals surface area contributed by atoms with Crippen LogP contribution in [0.2, 0.25) is 0 Å². The van der Waals surface area contributed by atoms with Crippen molar-refractivity contribution in [2.45, 2.75) is 19.5 Å². The quantitative estimate of drug-likeness (QED) is 0.730. The van der Waals surface area contributed by atoms with Crippen LogP contribution in [-0.2, 0) is 6.54 Å². The number of benzene rings is 1. The van der Waals surface area contributed by atoms with Crippen molar-refractivity contribution in [3.63, 3.8) is 0 Å². The Morgan fingerprint density at radius 2 is 2.09 bits per heavy atom. The molecule has 1 aromatic carbocycles. The molecule has 1 atom stereocenters. The summed E-state index contributed by atoms with van der Waals surface area (Å²) in [6, 6.07) is 12.1. The zero-order valence-electron chi connectivity index (χ0n) is 13.0. The third-order valence-electron chi connectivity index (χ3n) is 3.23. The predicted molar refractivity (Wildman–Crippen MR) is 87.0 cm³/mol. The highest BCUT2D eigenvalue weighted by Crippen LogP contribution is 2.12. The van der Waals surface area contributed by atoms with E-state index in [0.717, 1.165) is 11.1 Å². The molecule has 2 aromatic rings. The number of amides is 2. The van der Waals surface area contributed by atoms with Crippen molar-refractivity contribution < 1.29 is 14.6 Å². The van der Waals surface area contributed by atoms with E-state index in [4.69, 9.17) is 4.74 Å². The van der Waals surface area contributed by atoms with E-state index in [1.807, 2.05) is 43.3 Å². The van der Waals surface area contributed by atoms with Gasteiger partial charge >= 0.3 is 6.03 Å². The molecule has 2 amide bonds. The second-order valence-corrected chi connectivity index (χ2v) is 4.91. The number of nitrogens with one attached hydrogen (secondary N) is 2. The molecule has 1 aromatic heterocycles. The Bertz CT molecular complexity index is 619. The van der Waals surface area contributed by atoms with Crippen LogP contribution in [0.1, 0.15) is 24.1 Å². The second kappa shape index (κ2) is 8.75. The van der Waals surface area contributed by atoms with Crippen LogP contribution in [0, 0.1) is 0 Å². The molecule has 6 nitrogen and oxygen atoms in total. The van der Waals surface area contributed by atoms with Gasteiger partial charge in [0.1, 0.15) is 0 Å². The van der Waals surface area contributed by atoms with Crippen LogP contribution >= 0.6 is 0 Å². The number of nitrogens with zero attached hydrogens (tertiary/aromatic N) is 1. The summed E-state index contributed by atoms with van der Waals surface area (Å²) in [5, 5.41) is 14.9. The normalized spacial score (nSPS) is 11.6. The number of aliphatic hydroxyl groups excluding tert-OH is 1. The zero-order chi connectivity index (χ0) is 16.5. The van der Waals surface area contributed by atoms with Crippen LogP contribution in [0.15, 0.2) is 48.7 Å². The number of rotatable bonds is 7. The number of aliphatic hydroxyl groups is 1. The van der Waals surface area contributed by atoms with Crippen molar-refractivity contribution in [1.29, 1.82) is 0 Å². The summed E-state index contributed by atoms with van der Waals surface area (Å²) in [5.41, 5.74) is 1.74. The minimum atomic E-state index is -0.437. The van der Waals surface area contributed by atoms with Gasteiger partial charge in [0.15, 0.2) is 0 Å². The summed E-state index contributed by atoms with van der Waals surface area (Å²) < 4.78 is 5.32. The van der Waals surface area contributed by atoms with E-state index >= 15 is 0 Å². The van der Waals surface area contributed by atoms with Gasteiger partial charge in [0.25, 0.3) is 0 Å². The molecule has 3 N–H and O–H groups in total. The van der Waals surface area contributed by atoms with Gasteiger partial charge in [-0.15, -0.1) is 0 Å². The zero-order valence-corrected chi connectivity index (χ0v) is 13.0. The Morgan fingerprint density at radius 3 is 2.78 bits per heavy atom. The van der Waals surface area contributed by atoms with E-state index in [1.165, 1.54) is 0 Å². The van der Waals surface area contributed by atoms with Crippen molar-refractivity contribution >= 4 is 6.03 Å². The lowest BCUT2D eigenvalue weighted by Crippen LogP contribution is -2.38. The molecule has 6 heteroatoms. The molecule has 0 aliphatic carbocycles. The first-order chi connectivity index (χ1) is 11.2. The maximum Gasteiger partial charge on any atom is 0.315 e. The molecule has 0 bridgehead atoms. The van der Waals surface area contributed by atoms with Crippen LogP contribution in [0.25, 0.3) is 0 Å². The Morgan fingerprint density at radius 1 is 1.30 bits per heavy atom. The van der Waals surface area contributed by atoms with Gasteiger partial charge in [0, 0.05) is 18.8 Å². The number of hydrogen-bond acceptors (Lipinski definition) is 4. The smallest absolute Gasteiger partial charge is 0.315 e. The van der Waals surface area contributed by atoms with Crippen LogP contribution < -0.4 is 15.4 Å². The lowest BCUT2D eigenvalue weighted by Gasteiger charge is -2.17. The Kier molecular flexibility index (Phi) is 6.38. The molecule has 0 radical (unpaired) electrons. The molecule has 1 unspecified atom stereocenters. The molecule has 2 rings (SSSR count). The average molecular weight is 315 g/mol. The van der Waals surface area contributed by atoms with Gasteiger partial charge in [-0.05, 0) is 24.1 Å². The van der Waals surface area contributed by atoms with Crippen molar-refractivity contribution in [2.24, 2.45) is 0 Å². The third-order valence-corrected chi connectivity index (χ3v) is 3.23. The third kappa shape index (κ3) is 5.27. The van der Waals surface area contributed by atoms with Crippen LogP contribution in [-0.4, -0.2) is 29.3 Å². The maximum atomic E-state index is 12.0. The van der Waals surface area contributed by atoms with Crippen LogP contribution in [0.3, 0.4) is 0 Å². The monoisotopic (exact) mass is 315 g/mol. The van der Waals surface area contributed by atoms with E-state index in [2.05, 4.69) is 15.6 Å². The van der Waals surface area contributed by atoms with Crippen molar-refractivity contribution in [3.05, 3.63) is 59.8 Å². The number of carbonyl (C=O) groups is 1. The Hall–Kier alpha value is -2.60. The minimum Gasteiger partial charge on any atom is -0.478 e. The van der Waals surface area contributed by atoms with Gasteiger partial charge in [-0.3, -0.25) is 0 Å². The van der Waals surface area contributed by atoms with Gasteiger partial charge in [-0.1, -0.05) is 30.3 Å². The summed E-state index contributed by atoms with van der Waals surface area (Å²) in [6.07, 6.45) is 1.64. The highest BCUT2D eigenvalue weighted by molar-refractivity contribution is 5.74. The van der Waals surface area contributed by atoms with Crippen LogP contribution in [0.5, 0.6) is 5.88 Å². The van der Waals surface area contributed by atoms with E-state index in [0.29, 0.717) is 19.0 Å². The van der Waals surface area contributed by atoms with Gasteiger partial charge < -0.3 is 20.5 Å². The number of aromatic nitrogens is 1. The molecule has 0 aliphatic heterocycles. The fourth-order valence-electron chi connectivity index (χ4n) is 2.10. The lowest BCUT2D eigenvalue weighted by atomic mass is 10.1. The van der Waals surface area contributed by atoms with Gasteiger partial charge in [0.2, 0.25) is 5.88 Å². The van der Waals surface area contributed by atoms with E-state index in [-0.39, 0.29) is 12.6 Å². The van der Waals surface area contributed by atoms with Crippen molar-refractivity contribution in [2.75, 3.05) is 13.2 Å². The number of urea groups is 1. The standard InChI is InChI=1S/C17H21N3O3/c1-2-23-16-10-13(8-9-18-16)11-19-17(22)20-15(12-21)14-6-4-3-5-7-14/h3-10,15,21H,2,11-12H2,1H3,(H2,19,20,22).